The van der Waals surface area contributed by atoms with Gasteiger partial charge in [0.25, 0.3) is 11.7 Å². The standard InChI is InChI=1S/C30H31NO6/c1-19(2)37-23-15-11-21(12-16-23)28(32)26-27(24-7-5-6-8-25(24)36-4)31(30(34)29(26)33)18-17-20-9-13-22(35-3)14-10-20/h5-16,19,27,32H,17-18H2,1-4H3/b28-26-. The topological polar surface area (TPSA) is 85.3 Å². The molecule has 0 radical (unpaired) electrons. The van der Waals surface area contributed by atoms with Crippen molar-refractivity contribution in [2.45, 2.75) is 32.4 Å². The Labute approximate surface area is 216 Å². The zero-order valence-electron chi connectivity index (χ0n) is 21.4. The van der Waals surface area contributed by atoms with Crippen LogP contribution in [0.3, 0.4) is 0 Å². The summed E-state index contributed by atoms with van der Waals surface area (Å²) in [6.45, 7) is 4.13. The number of rotatable bonds is 9. The lowest BCUT2D eigenvalue weighted by molar-refractivity contribution is -0.139. The Morgan fingerprint density at radius 3 is 2.16 bits per heavy atom. The molecule has 37 heavy (non-hydrogen) atoms. The van der Waals surface area contributed by atoms with E-state index in [0.717, 1.165) is 11.3 Å². The molecule has 1 aliphatic heterocycles. The second-order valence-corrected chi connectivity index (χ2v) is 9.02. The molecule has 4 rings (SSSR count). The van der Waals surface area contributed by atoms with Gasteiger partial charge in [0.15, 0.2) is 0 Å². The molecule has 1 aliphatic rings. The lowest BCUT2D eigenvalue weighted by atomic mass is 9.94. The first-order chi connectivity index (χ1) is 17.8. The number of benzene rings is 3. The predicted octanol–water partition coefficient (Wildman–Crippen LogP) is 5.16. The number of aliphatic hydroxyl groups excluding tert-OH is 1. The number of methoxy groups -OCH3 is 2. The Balaban J connectivity index is 1.74. The Morgan fingerprint density at radius 1 is 0.892 bits per heavy atom. The van der Waals surface area contributed by atoms with Crippen LogP contribution in [0.2, 0.25) is 0 Å². The fourth-order valence-corrected chi connectivity index (χ4v) is 4.49. The largest absolute Gasteiger partial charge is 0.507 e. The van der Waals surface area contributed by atoms with Gasteiger partial charge in [-0.2, -0.15) is 0 Å². The average Bonchev–Trinajstić information content (AvgIpc) is 3.16. The molecular formula is C30H31NO6. The molecule has 1 atom stereocenters. The van der Waals surface area contributed by atoms with Crippen LogP contribution >= 0.6 is 0 Å². The zero-order chi connectivity index (χ0) is 26.5. The van der Waals surface area contributed by atoms with Crippen LogP contribution in [0.5, 0.6) is 17.2 Å². The van der Waals surface area contributed by atoms with Gasteiger partial charge in [-0.05, 0) is 68.3 Å². The first-order valence-corrected chi connectivity index (χ1v) is 12.2. The van der Waals surface area contributed by atoms with Gasteiger partial charge < -0.3 is 24.2 Å². The van der Waals surface area contributed by atoms with Crippen molar-refractivity contribution in [3.63, 3.8) is 0 Å². The van der Waals surface area contributed by atoms with Crippen molar-refractivity contribution in [3.05, 3.63) is 95.1 Å². The molecule has 3 aromatic rings. The van der Waals surface area contributed by atoms with Crippen LogP contribution in [-0.2, 0) is 16.0 Å². The van der Waals surface area contributed by atoms with Crippen LogP contribution in [-0.4, -0.2) is 48.6 Å². The van der Waals surface area contributed by atoms with Crippen LogP contribution in [0.15, 0.2) is 78.4 Å². The average molecular weight is 502 g/mol. The van der Waals surface area contributed by atoms with Crippen molar-refractivity contribution in [2.75, 3.05) is 20.8 Å². The molecule has 1 fully saturated rings. The third-order valence-electron chi connectivity index (χ3n) is 6.27. The monoisotopic (exact) mass is 501 g/mol. The van der Waals surface area contributed by atoms with E-state index in [1.807, 2.05) is 56.3 Å². The molecule has 0 spiro atoms. The number of carbonyl (C=O) groups excluding carboxylic acids is 2. The molecule has 0 aliphatic carbocycles. The molecule has 192 valence electrons. The number of Topliss-reactive ketones (excluding diaryl/α,β-unsaturated/α-hetero) is 1. The van der Waals surface area contributed by atoms with Crippen LogP contribution in [0.1, 0.15) is 36.6 Å². The van der Waals surface area contributed by atoms with E-state index in [2.05, 4.69) is 0 Å². The van der Waals surface area contributed by atoms with Gasteiger partial charge in [0, 0.05) is 17.7 Å². The molecule has 0 aromatic heterocycles. The first-order valence-electron chi connectivity index (χ1n) is 12.2. The van der Waals surface area contributed by atoms with Crippen LogP contribution in [0.4, 0.5) is 0 Å². The summed E-state index contributed by atoms with van der Waals surface area (Å²) < 4.78 is 16.5. The Hall–Kier alpha value is -4.26. The third-order valence-corrected chi connectivity index (χ3v) is 6.27. The van der Waals surface area contributed by atoms with Crippen LogP contribution in [0, 0.1) is 0 Å². The molecule has 1 unspecified atom stereocenters. The van der Waals surface area contributed by atoms with Crippen molar-refractivity contribution >= 4 is 17.4 Å². The fraction of sp³-hybridized carbons (Fsp3) is 0.267. The highest BCUT2D eigenvalue weighted by molar-refractivity contribution is 6.46. The molecule has 0 bridgehead atoms. The fourth-order valence-electron chi connectivity index (χ4n) is 4.49. The van der Waals surface area contributed by atoms with E-state index >= 15 is 0 Å². The lowest BCUT2D eigenvalue weighted by Gasteiger charge is -2.26. The van der Waals surface area contributed by atoms with E-state index < -0.39 is 17.7 Å². The first kappa shape index (κ1) is 25.8. The highest BCUT2D eigenvalue weighted by atomic mass is 16.5. The minimum atomic E-state index is -0.805. The molecule has 7 heteroatoms. The summed E-state index contributed by atoms with van der Waals surface area (Å²) in [5, 5.41) is 11.3. The van der Waals surface area contributed by atoms with Crippen molar-refractivity contribution in [2.24, 2.45) is 0 Å². The molecule has 7 nitrogen and oxygen atoms in total. The maximum atomic E-state index is 13.3. The number of amides is 1. The lowest BCUT2D eigenvalue weighted by Crippen LogP contribution is -2.31. The molecule has 1 N–H and O–H groups in total. The van der Waals surface area contributed by atoms with Crippen molar-refractivity contribution in [3.8, 4) is 17.2 Å². The van der Waals surface area contributed by atoms with Gasteiger partial charge in [0.1, 0.15) is 23.0 Å². The van der Waals surface area contributed by atoms with Gasteiger partial charge in [0.2, 0.25) is 0 Å². The Kier molecular flexibility index (Phi) is 7.82. The van der Waals surface area contributed by atoms with Crippen LogP contribution in [0.25, 0.3) is 5.76 Å². The number of carbonyl (C=O) groups is 2. The van der Waals surface area contributed by atoms with Gasteiger partial charge in [-0.3, -0.25) is 9.59 Å². The minimum absolute atomic E-state index is 0.000943. The van der Waals surface area contributed by atoms with E-state index in [1.165, 1.54) is 12.0 Å². The van der Waals surface area contributed by atoms with Gasteiger partial charge in [-0.15, -0.1) is 0 Å². The number of likely N-dealkylation sites (tertiary alicyclic amines) is 1. The molecule has 1 saturated heterocycles. The van der Waals surface area contributed by atoms with Crippen molar-refractivity contribution < 1.29 is 28.9 Å². The molecule has 1 amide bonds. The predicted molar refractivity (Wildman–Crippen MR) is 141 cm³/mol. The second kappa shape index (κ2) is 11.2. The summed E-state index contributed by atoms with van der Waals surface area (Å²) in [4.78, 5) is 28.1. The maximum Gasteiger partial charge on any atom is 0.295 e. The molecule has 0 saturated carbocycles. The van der Waals surface area contributed by atoms with E-state index in [1.54, 1.807) is 37.4 Å². The Morgan fingerprint density at radius 2 is 1.54 bits per heavy atom. The number of nitrogens with zero attached hydrogens (tertiary/aromatic N) is 1. The summed E-state index contributed by atoms with van der Waals surface area (Å²) >= 11 is 0. The van der Waals surface area contributed by atoms with Gasteiger partial charge in [0.05, 0.1) is 31.9 Å². The van der Waals surface area contributed by atoms with E-state index in [0.29, 0.717) is 29.0 Å². The number of aliphatic hydroxyl groups is 1. The summed E-state index contributed by atoms with van der Waals surface area (Å²) in [5.41, 5.74) is 2.06. The highest BCUT2D eigenvalue weighted by Gasteiger charge is 2.46. The SMILES string of the molecule is COc1ccc(CCN2C(=O)C(=O)/C(=C(\O)c3ccc(OC(C)C)cc3)C2c2ccccc2OC)cc1. The smallest absolute Gasteiger partial charge is 0.295 e. The van der Waals surface area contributed by atoms with Crippen molar-refractivity contribution in [1.29, 1.82) is 0 Å². The summed E-state index contributed by atoms with van der Waals surface area (Å²) in [6, 6.07) is 20.8. The second-order valence-electron chi connectivity index (χ2n) is 9.02. The molecular weight excluding hydrogens is 470 g/mol. The normalized spacial score (nSPS) is 16.8. The quantitative estimate of drug-likeness (QED) is 0.248. The Bertz CT molecular complexity index is 1290. The summed E-state index contributed by atoms with van der Waals surface area (Å²) in [6.07, 6.45) is 0.519. The van der Waals surface area contributed by atoms with Gasteiger partial charge >= 0.3 is 0 Å². The van der Waals surface area contributed by atoms with E-state index in [4.69, 9.17) is 14.2 Å². The summed E-state index contributed by atoms with van der Waals surface area (Å²) in [5.74, 6) is 0.278. The maximum absolute atomic E-state index is 13.3. The number of ether oxygens (including phenoxy) is 3. The summed E-state index contributed by atoms with van der Waals surface area (Å²) in [7, 11) is 3.14. The van der Waals surface area contributed by atoms with E-state index in [9.17, 15) is 14.7 Å². The third kappa shape index (κ3) is 5.45. The minimum Gasteiger partial charge on any atom is -0.507 e. The van der Waals surface area contributed by atoms with Gasteiger partial charge in [-0.25, -0.2) is 0 Å². The number of para-hydroxylation sites is 1. The van der Waals surface area contributed by atoms with Crippen LogP contribution < -0.4 is 14.2 Å². The molecule has 1 heterocycles. The number of hydrogen-bond donors (Lipinski definition) is 1. The molecule has 3 aromatic carbocycles. The number of ketones is 1. The van der Waals surface area contributed by atoms with Gasteiger partial charge in [-0.1, -0.05) is 30.3 Å². The van der Waals surface area contributed by atoms with Crippen molar-refractivity contribution in [1.82, 2.24) is 4.90 Å². The zero-order valence-corrected chi connectivity index (χ0v) is 21.4. The highest BCUT2D eigenvalue weighted by Crippen LogP contribution is 2.42. The van der Waals surface area contributed by atoms with E-state index in [-0.39, 0.29) is 24.0 Å². The number of hydrogen-bond acceptors (Lipinski definition) is 6.